The van der Waals surface area contributed by atoms with Crippen LogP contribution in [0.2, 0.25) is 0 Å². The zero-order valence-electron chi connectivity index (χ0n) is 12.5. The summed E-state index contributed by atoms with van der Waals surface area (Å²) in [6.45, 7) is 1.78. The Morgan fingerprint density at radius 2 is 2.09 bits per heavy atom. The van der Waals surface area contributed by atoms with Crippen LogP contribution in [0.5, 0.6) is 5.75 Å². The van der Waals surface area contributed by atoms with Crippen molar-refractivity contribution in [2.75, 3.05) is 25.1 Å². The molecule has 1 aliphatic carbocycles. The van der Waals surface area contributed by atoms with Crippen LogP contribution in [0, 0.1) is 5.92 Å². The predicted octanol–water partition coefficient (Wildman–Crippen LogP) is 3.52. The Morgan fingerprint density at radius 1 is 1.30 bits per heavy atom. The second-order valence-electron chi connectivity index (χ2n) is 5.33. The fourth-order valence-corrected chi connectivity index (χ4v) is 1.86. The molecule has 23 heavy (non-hydrogen) atoms. The van der Waals surface area contributed by atoms with E-state index in [9.17, 15) is 18.0 Å². The van der Waals surface area contributed by atoms with Crippen molar-refractivity contribution in [1.82, 2.24) is 5.32 Å². The van der Waals surface area contributed by atoms with Gasteiger partial charge in [0.25, 0.3) is 0 Å². The van der Waals surface area contributed by atoms with Crippen molar-refractivity contribution < 1.29 is 27.4 Å². The molecule has 128 valence electrons. The summed E-state index contributed by atoms with van der Waals surface area (Å²) in [6.07, 6.45) is -1.62. The lowest BCUT2D eigenvalue weighted by molar-refractivity contribution is -0.274. The number of halogens is 3. The second-order valence-corrected chi connectivity index (χ2v) is 5.33. The van der Waals surface area contributed by atoms with Crippen molar-refractivity contribution in [1.29, 1.82) is 0 Å². The molecule has 0 aliphatic heterocycles. The maximum Gasteiger partial charge on any atom is 0.573 e. The number of rotatable bonds is 8. The van der Waals surface area contributed by atoms with Gasteiger partial charge in [0.2, 0.25) is 0 Å². The van der Waals surface area contributed by atoms with E-state index in [4.69, 9.17) is 4.74 Å². The van der Waals surface area contributed by atoms with Crippen LogP contribution < -0.4 is 15.4 Å². The molecule has 1 saturated carbocycles. The summed E-state index contributed by atoms with van der Waals surface area (Å²) in [7, 11) is 0. The normalized spacial score (nSPS) is 14.4. The van der Waals surface area contributed by atoms with Crippen LogP contribution in [0.15, 0.2) is 24.3 Å². The monoisotopic (exact) mass is 332 g/mol. The first kappa shape index (κ1) is 17.4. The van der Waals surface area contributed by atoms with Gasteiger partial charge in [-0.2, -0.15) is 0 Å². The second kappa shape index (κ2) is 8.05. The molecule has 0 spiro atoms. The Hall–Kier alpha value is -1.96. The molecule has 0 saturated heterocycles. The molecule has 1 aromatic rings. The molecule has 1 fully saturated rings. The third-order valence-corrected chi connectivity index (χ3v) is 3.13. The molecule has 5 nitrogen and oxygen atoms in total. The summed E-state index contributed by atoms with van der Waals surface area (Å²) in [5.74, 6) is 0.321. The van der Waals surface area contributed by atoms with E-state index in [1.807, 2.05) is 0 Å². The topological polar surface area (TPSA) is 59.6 Å². The molecule has 2 N–H and O–H groups in total. The van der Waals surface area contributed by atoms with Crippen LogP contribution in [0.3, 0.4) is 0 Å². The first-order valence-electron chi connectivity index (χ1n) is 7.41. The van der Waals surface area contributed by atoms with Crippen molar-refractivity contribution in [3.8, 4) is 5.75 Å². The first-order valence-corrected chi connectivity index (χ1v) is 7.41. The summed E-state index contributed by atoms with van der Waals surface area (Å²) >= 11 is 0. The largest absolute Gasteiger partial charge is 0.573 e. The Balaban J connectivity index is 1.64. The van der Waals surface area contributed by atoms with Crippen molar-refractivity contribution in [2.24, 2.45) is 5.92 Å². The smallest absolute Gasteiger partial charge is 0.406 e. The molecule has 0 atom stereocenters. The quantitative estimate of drug-likeness (QED) is 0.716. The van der Waals surface area contributed by atoms with Crippen LogP contribution in [-0.4, -0.2) is 32.2 Å². The minimum absolute atomic E-state index is 0.217. The highest BCUT2D eigenvalue weighted by molar-refractivity contribution is 5.89. The number of hydrogen-bond donors (Lipinski definition) is 2. The fourth-order valence-electron chi connectivity index (χ4n) is 1.86. The average molecular weight is 332 g/mol. The Kier molecular flexibility index (Phi) is 6.09. The molecule has 0 bridgehead atoms. The van der Waals surface area contributed by atoms with Crippen LogP contribution in [0.1, 0.15) is 19.3 Å². The van der Waals surface area contributed by atoms with Crippen molar-refractivity contribution in [3.63, 3.8) is 0 Å². The molecular weight excluding hydrogens is 313 g/mol. The minimum Gasteiger partial charge on any atom is -0.406 e. The summed E-state index contributed by atoms with van der Waals surface area (Å²) in [5.41, 5.74) is 0.217. The maximum atomic E-state index is 12.1. The average Bonchev–Trinajstić information content (AvgIpc) is 3.25. The molecule has 1 aromatic carbocycles. The number of carbonyl (C=O) groups is 1. The van der Waals surface area contributed by atoms with E-state index in [0.29, 0.717) is 25.5 Å². The van der Waals surface area contributed by atoms with Gasteiger partial charge in [0, 0.05) is 31.5 Å². The van der Waals surface area contributed by atoms with E-state index >= 15 is 0 Å². The number of ether oxygens (including phenoxy) is 2. The van der Waals surface area contributed by atoms with Crippen LogP contribution >= 0.6 is 0 Å². The molecule has 1 aliphatic rings. The zero-order valence-corrected chi connectivity index (χ0v) is 12.5. The number of urea groups is 1. The number of benzene rings is 1. The number of hydrogen-bond acceptors (Lipinski definition) is 3. The zero-order chi connectivity index (χ0) is 16.7. The van der Waals surface area contributed by atoms with Gasteiger partial charge in [-0.1, -0.05) is 6.07 Å². The molecule has 0 radical (unpaired) electrons. The van der Waals surface area contributed by atoms with Gasteiger partial charge in [0.15, 0.2) is 0 Å². The van der Waals surface area contributed by atoms with E-state index in [2.05, 4.69) is 15.4 Å². The van der Waals surface area contributed by atoms with Gasteiger partial charge >= 0.3 is 12.4 Å². The van der Waals surface area contributed by atoms with Gasteiger partial charge in [-0.3, -0.25) is 0 Å². The summed E-state index contributed by atoms with van der Waals surface area (Å²) in [5, 5.41) is 5.06. The molecule has 0 aromatic heterocycles. The van der Waals surface area contributed by atoms with E-state index in [-0.39, 0.29) is 11.4 Å². The van der Waals surface area contributed by atoms with Gasteiger partial charge in [-0.05, 0) is 37.3 Å². The minimum atomic E-state index is -4.76. The van der Waals surface area contributed by atoms with Gasteiger partial charge in [-0.25, -0.2) is 4.79 Å². The third kappa shape index (κ3) is 7.73. The van der Waals surface area contributed by atoms with Crippen LogP contribution in [0.4, 0.5) is 23.7 Å². The molecule has 2 amide bonds. The van der Waals surface area contributed by atoms with Crippen molar-refractivity contribution in [2.45, 2.75) is 25.6 Å². The number of nitrogens with one attached hydrogen (secondary N) is 2. The highest BCUT2D eigenvalue weighted by Crippen LogP contribution is 2.28. The number of amides is 2. The lowest BCUT2D eigenvalue weighted by atomic mass is 10.3. The Labute approximate surface area is 132 Å². The standard InChI is InChI=1S/C15H19F3N2O3/c16-15(17,18)23-13-4-1-3-12(9-13)20-14(21)19-7-2-8-22-10-11-5-6-11/h1,3-4,9,11H,2,5-8,10H2,(H2,19,20,21). The number of anilines is 1. The van der Waals surface area contributed by atoms with Crippen molar-refractivity contribution >= 4 is 11.7 Å². The van der Waals surface area contributed by atoms with Gasteiger partial charge in [-0.15, -0.1) is 13.2 Å². The summed E-state index contributed by atoms with van der Waals surface area (Å²) in [6, 6.07) is 4.61. The Bertz CT molecular complexity index is 519. The molecule has 0 heterocycles. The van der Waals surface area contributed by atoms with Crippen molar-refractivity contribution in [3.05, 3.63) is 24.3 Å². The molecule has 2 rings (SSSR count). The highest BCUT2D eigenvalue weighted by atomic mass is 19.4. The first-order chi connectivity index (χ1) is 10.9. The van der Waals surface area contributed by atoms with E-state index in [0.717, 1.165) is 18.7 Å². The Morgan fingerprint density at radius 3 is 2.78 bits per heavy atom. The highest BCUT2D eigenvalue weighted by Gasteiger charge is 2.31. The van der Waals surface area contributed by atoms with E-state index in [1.165, 1.54) is 25.0 Å². The fraction of sp³-hybridized carbons (Fsp3) is 0.533. The third-order valence-electron chi connectivity index (χ3n) is 3.13. The lowest BCUT2D eigenvalue weighted by Gasteiger charge is -2.11. The lowest BCUT2D eigenvalue weighted by Crippen LogP contribution is -2.30. The number of alkyl halides is 3. The van der Waals surface area contributed by atoms with Crippen LogP contribution in [-0.2, 0) is 4.74 Å². The van der Waals surface area contributed by atoms with Crippen LogP contribution in [0.25, 0.3) is 0 Å². The molecular formula is C15H19F3N2O3. The summed E-state index contributed by atoms with van der Waals surface area (Å²) < 4.78 is 45.6. The SMILES string of the molecule is O=C(NCCCOCC1CC1)Nc1cccc(OC(F)(F)F)c1. The maximum absolute atomic E-state index is 12.1. The van der Waals surface area contributed by atoms with E-state index < -0.39 is 12.4 Å². The molecule has 8 heteroatoms. The van der Waals surface area contributed by atoms with Gasteiger partial charge in [0.05, 0.1) is 0 Å². The summed E-state index contributed by atoms with van der Waals surface area (Å²) in [4.78, 5) is 11.6. The van der Waals surface area contributed by atoms with Gasteiger partial charge in [0.1, 0.15) is 5.75 Å². The predicted molar refractivity (Wildman–Crippen MR) is 78.3 cm³/mol. The number of carbonyl (C=O) groups excluding carboxylic acids is 1. The molecule has 0 unspecified atom stereocenters. The van der Waals surface area contributed by atoms with E-state index in [1.54, 1.807) is 0 Å². The van der Waals surface area contributed by atoms with Gasteiger partial charge < -0.3 is 20.1 Å².